The summed E-state index contributed by atoms with van der Waals surface area (Å²) in [6.07, 6.45) is 0.606. The molecule has 0 aliphatic heterocycles. The second-order valence-electron chi connectivity index (χ2n) is 4.29. The first-order valence-electron chi connectivity index (χ1n) is 5.87. The topological polar surface area (TPSA) is 38.0 Å². The molecule has 0 spiro atoms. The third kappa shape index (κ3) is 3.75. The van der Waals surface area contributed by atoms with E-state index in [0.717, 1.165) is 20.1 Å². The zero-order valence-electron chi connectivity index (χ0n) is 10.3. The van der Waals surface area contributed by atoms with Crippen LogP contribution < -0.4 is 11.3 Å². The average Bonchev–Trinajstić information content (AvgIpc) is 2.40. The van der Waals surface area contributed by atoms with Crippen LogP contribution in [0.3, 0.4) is 0 Å². The lowest BCUT2D eigenvalue weighted by atomic mass is 9.99. The van der Waals surface area contributed by atoms with E-state index < -0.39 is 0 Å². The summed E-state index contributed by atoms with van der Waals surface area (Å²) in [4.78, 5) is 0. The molecule has 0 aliphatic rings. The number of nitrogens with one attached hydrogen (secondary N) is 1. The molecule has 0 heterocycles. The molecule has 0 radical (unpaired) electrons. The van der Waals surface area contributed by atoms with Gasteiger partial charge in [-0.3, -0.25) is 11.3 Å². The van der Waals surface area contributed by atoms with Crippen molar-refractivity contribution >= 4 is 55.1 Å². The summed E-state index contributed by atoms with van der Waals surface area (Å²) in [5, 5.41) is 1.29. The van der Waals surface area contributed by atoms with Crippen LogP contribution in [0.15, 0.2) is 45.3 Å². The smallest absolute Gasteiger partial charge is 0.0512 e. The predicted molar refractivity (Wildman–Crippen MR) is 92.1 cm³/mol. The molecule has 20 heavy (non-hydrogen) atoms. The van der Waals surface area contributed by atoms with Crippen LogP contribution in [0.5, 0.6) is 0 Å². The van der Waals surface area contributed by atoms with Gasteiger partial charge in [0.25, 0.3) is 0 Å². The lowest BCUT2D eigenvalue weighted by molar-refractivity contribution is 0.550. The van der Waals surface area contributed by atoms with Gasteiger partial charge in [0.2, 0.25) is 0 Å². The summed E-state index contributed by atoms with van der Waals surface area (Å²) in [5.41, 5.74) is 4.75. The fourth-order valence-corrected chi connectivity index (χ4v) is 3.85. The van der Waals surface area contributed by atoms with Gasteiger partial charge in [0.15, 0.2) is 0 Å². The van der Waals surface area contributed by atoms with E-state index in [2.05, 4.69) is 37.3 Å². The van der Waals surface area contributed by atoms with Gasteiger partial charge in [-0.25, -0.2) is 0 Å². The predicted octanol–water partition coefficient (Wildman–Crippen LogP) is 5.27. The van der Waals surface area contributed by atoms with E-state index >= 15 is 0 Å². The number of rotatable bonds is 4. The number of hydrogen-bond donors (Lipinski definition) is 2. The summed E-state index contributed by atoms with van der Waals surface area (Å²) in [7, 11) is 0. The highest BCUT2D eigenvalue weighted by atomic mass is 79.9. The van der Waals surface area contributed by atoms with Crippen LogP contribution in [0.4, 0.5) is 0 Å². The van der Waals surface area contributed by atoms with Gasteiger partial charge in [-0.05, 0) is 41.8 Å². The number of halogens is 4. The summed E-state index contributed by atoms with van der Waals surface area (Å²) < 4.78 is 1.97. The van der Waals surface area contributed by atoms with Crippen molar-refractivity contribution in [2.24, 2.45) is 5.84 Å². The Bertz CT molecular complexity index is 600. The van der Waals surface area contributed by atoms with Gasteiger partial charge in [-0.2, -0.15) is 0 Å². The van der Waals surface area contributed by atoms with Crippen molar-refractivity contribution in [1.29, 1.82) is 0 Å². The largest absolute Gasteiger partial charge is 0.271 e. The molecule has 0 bridgehead atoms. The molecule has 1 unspecified atom stereocenters. The number of hydrazine groups is 1. The van der Waals surface area contributed by atoms with Gasteiger partial charge < -0.3 is 0 Å². The van der Waals surface area contributed by atoms with Gasteiger partial charge in [0, 0.05) is 19.0 Å². The van der Waals surface area contributed by atoms with Crippen LogP contribution in [0.25, 0.3) is 0 Å². The van der Waals surface area contributed by atoms with Crippen LogP contribution in [0.2, 0.25) is 10.0 Å². The highest BCUT2D eigenvalue weighted by molar-refractivity contribution is 9.11. The van der Waals surface area contributed by atoms with Crippen LogP contribution >= 0.6 is 55.1 Å². The van der Waals surface area contributed by atoms with Crippen LogP contribution in [-0.4, -0.2) is 0 Å². The Morgan fingerprint density at radius 2 is 1.75 bits per heavy atom. The van der Waals surface area contributed by atoms with Crippen molar-refractivity contribution in [2.45, 2.75) is 12.5 Å². The van der Waals surface area contributed by atoms with E-state index in [4.69, 9.17) is 29.0 Å². The summed E-state index contributed by atoms with van der Waals surface area (Å²) in [6.45, 7) is 0. The van der Waals surface area contributed by atoms with Gasteiger partial charge in [0.1, 0.15) is 0 Å². The van der Waals surface area contributed by atoms with Crippen LogP contribution in [0, 0.1) is 0 Å². The Labute approximate surface area is 144 Å². The molecule has 1 atom stereocenters. The first-order chi connectivity index (χ1) is 9.52. The zero-order chi connectivity index (χ0) is 14.7. The molecule has 0 amide bonds. The van der Waals surface area contributed by atoms with Crippen LogP contribution in [0.1, 0.15) is 17.2 Å². The molecule has 106 valence electrons. The molecule has 0 fully saturated rings. The van der Waals surface area contributed by atoms with Gasteiger partial charge in [0.05, 0.1) is 6.04 Å². The average molecular weight is 439 g/mol. The number of nitrogens with two attached hydrogens (primary N) is 1. The lowest BCUT2D eigenvalue weighted by Crippen LogP contribution is -2.30. The van der Waals surface area contributed by atoms with Gasteiger partial charge >= 0.3 is 0 Å². The maximum atomic E-state index is 6.21. The van der Waals surface area contributed by atoms with E-state index in [9.17, 15) is 0 Å². The Morgan fingerprint density at radius 1 is 1.10 bits per heavy atom. The van der Waals surface area contributed by atoms with E-state index in [1.807, 2.05) is 36.4 Å². The fraction of sp³-hybridized carbons (Fsp3) is 0.143. The van der Waals surface area contributed by atoms with E-state index in [-0.39, 0.29) is 6.04 Å². The van der Waals surface area contributed by atoms with E-state index in [0.29, 0.717) is 16.5 Å². The molecule has 6 heteroatoms. The van der Waals surface area contributed by atoms with Gasteiger partial charge in [-0.1, -0.05) is 67.2 Å². The summed E-state index contributed by atoms with van der Waals surface area (Å²) in [5.74, 6) is 5.69. The zero-order valence-corrected chi connectivity index (χ0v) is 15.0. The second kappa shape index (κ2) is 7.25. The van der Waals surface area contributed by atoms with Crippen molar-refractivity contribution < 1.29 is 0 Å². The summed E-state index contributed by atoms with van der Waals surface area (Å²) >= 11 is 19.4. The quantitative estimate of drug-likeness (QED) is 0.504. The fourth-order valence-electron chi connectivity index (χ4n) is 1.97. The lowest BCUT2D eigenvalue weighted by Gasteiger charge is -2.19. The van der Waals surface area contributed by atoms with Crippen molar-refractivity contribution in [1.82, 2.24) is 5.43 Å². The Kier molecular flexibility index (Phi) is 5.90. The molecule has 3 N–H and O–H groups in total. The highest BCUT2D eigenvalue weighted by Gasteiger charge is 2.17. The molecule has 0 saturated heterocycles. The molecule has 0 aliphatic carbocycles. The maximum Gasteiger partial charge on any atom is 0.0512 e. The van der Waals surface area contributed by atoms with E-state index in [1.54, 1.807) is 0 Å². The maximum absolute atomic E-state index is 6.21. The third-order valence-electron chi connectivity index (χ3n) is 3.01. The number of hydrogen-bond acceptors (Lipinski definition) is 2. The molecular weight excluding hydrogens is 427 g/mol. The minimum atomic E-state index is -0.0881. The molecule has 0 aromatic heterocycles. The molecule has 0 saturated carbocycles. The Balaban J connectivity index is 2.34. The normalized spacial score (nSPS) is 12.4. The van der Waals surface area contributed by atoms with E-state index in [1.165, 1.54) is 0 Å². The summed E-state index contributed by atoms with van der Waals surface area (Å²) in [6, 6.07) is 11.3. The second-order valence-corrected chi connectivity index (χ2v) is 6.87. The first kappa shape index (κ1) is 16.3. The minimum absolute atomic E-state index is 0.0881. The molecule has 2 aromatic rings. The van der Waals surface area contributed by atoms with Crippen molar-refractivity contribution in [3.63, 3.8) is 0 Å². The molecule has 2 aromatic carbocycles. The standard InChI is InChI=1S/C14H12Br2Cl2N2/c15-8-4-5-9(11(16)6-8)14(20-19)7-10-12(17)2-1-3-13(10)18/h1-6,14,20H,7,19H2. The first-order valence-corrected chi connectivity index (χ1v) is 8.21. The SMILES string of the molecule is NNC(Cc1c(Cl)cccc1Cl)c1ccc(Br)cc1Br. The minimum Gasteiger partial charge on any atom is -0.271 e. The van der Waals surface area contributed by atoms with Crippen LogP contribution in [-0.2, 0) is 6.42 Å². The third-order valence-corrected chi connectivity index (χ3v) is 4.90. The Hall–Kier alpha value is -0.100. The number of benzene rings is 2. The molecule has 2 nitrogen and oxygen atoms in total. The van der Waals surface area contributed by atoms with Crippen molar-refractivity contribution in [2.75, 3.05) is 0 Å². The van der Waals surface area contributed by atoms with Crippen molar-refractivity contribution in [3.05, 3.63) is 66.5 Å². The molecular formula is C14H12Br2Cl2N2. The van der Waals surface area contributed by atoms with Gasteiger partial charge in [-0.15, -0.1) is 0 Å². The monoisotopic (exact) mass is 436 g/mol. The molecule has 2 rings (SSSR count). The highest BCUT2D eigenvalue weighted by Crippen LogP contribution is 2.32. The van der Waals surface area contributed by atoms with Crippen molar-refractivity contribution in [3.8, 4) is 0 Å². The Morgan fingerprint density at radius 3 is 2.30 bits per heavy atom.